The zero-order chi connectivity index (χ0) is 12.2. The number of aliphatic hydroxyl groups excluding tert-OH is 1. The van der Waals surface area contributed by atoms with Gasteiger partial charge < -0.3 is 5.11 Å². The number of benzene rings is 1. The fourth-order valence-electron chi connectivity index (χ4n) is 1.79. The van der Waals surface area contributed by atoms with Gasteiger partial charge in [-0.1, -0.05) is 45.0 Å². The van der Waals surface area contributed by atoms with Gasteiger partial charge in [0.15, 0.2) is 0 Å². The highest BCUT2D eigenvalue weighted by Gasteiger charge is 2.14. The molecule has 0 aliphatic rings. The van der Waals surface area contributed by atoms with E-state index in [2.05, 4.69) is 39.8 Å². The Balaban J connectivity index is 2.46. The maximum Gasteiger partial charge on any atom is 0.0580 e. The van der Waals surface area contributed by atoms with Crippen molar-refractivity contribution >= 4 is 0 Å². The van der Waals surface area contributed by atoms with Gasteiger partial charge in [0.2, 0.25) is 0 Å². The fraction of sp³-hybridized carbons (Fsp3) is 0.600. The van der Waals surface area contributed by atoms with E-state index in [1.165, 1.54) is 11.1 Å². The molecule has 90 valence electrons. The van der Waals surface area contributed by atoms with Crippen molar-refractivity contribution in [2.24, 2.45) is 5.41 Å². The number of aryl methyl sites for hydroxylation is 1. The van der Waals surface area contributed by atoms with Gasteiger partial charge in [0.1, 0.15) is 0 Å². The van der Waals surface area contributed by atoms with Crippen molar-refractivity contribution in [2.75, 3.05) is 0 Å². The Hall–Kier alpha value is -0.820. The number of hydrogen-bond acceptors (Lipinski definition) is 1. The molecule has 1 N–H and O–H groups in total. The van der Waals surface area contributed by atoms with Crippen LogP contribution in [0.25, 0.3) is 0 Å². The van der Waals surface area contributed by atoms with Crippen molar-refractivity contribution in [3.63, 3.8) is 0 Å². The van der Waals surface area contributed by atoms with Gasteiger partial charge in [-0.05, 0) is 42.7 Å². The molecule has 0 aromatic heterocycles. The van der Waals surface area contributed by atoms with E-state index in [9.17, 15) is 5.11 Å². The number of rotatable bonds is 4. The summed E-state index contributed by atoms with van der Waals surface area (Å²) in [5.74, 6) is 0. The summed E-state index contributed by atoms with van der Waals surface area (Å²) in [4.78, 5) is 0. The molecule has 0 spiro atoms. The van der Waals surface area contributed by atoms with Crippen LogP contribution in [0, 0.1) is 12.3 Å². The lowest BCUT2D eigenvalue weighted by atomic mass is 9.88. The second-order valence-corrected chi connectivity index (χ2v) is 5.88. The predicted molar refractivity (Wildman–Crippen MR) is 69.6 cm³/mol. The Bertz CT molecular complexity index is 322. The quantitative estimate of drug-likeness (QED) is 0.820. The third-order valence-corrected chi connectivity index (χ3v) is 2.94. The maximum atomic E-state index is 9.99. The molecule has 0 saturated carbocycles. The molecule has 0 bridgehead atoms. The molecule has 0 amide bonds. The van der Waals surface area contributed by atoms with Crippen LogP contribution in [-0.2, 0) is 6.42 Å². The molecule has 0 fully saturated rings. The van der Waals surface area contributed by atoms with Crippen LogP contribution < -0.4 is 0 Å². The van der Waals surface area contributed by atoms with Gasteiger partial charge in [0.25, 0.3) is 0 Å². The highest BCUT2D eigenvalue weighted by atomic mass is 16.3. The molecule has 0 aliphatic heterocycles. The monoisotopic (exact) mass is 220 g/mol. The zero-order valence-corrected chi connectivity index (χ0v) is 11.0. The van der Waals surface area contributed by atoms with Gasteiger partial charge in [-0.3, -0.25) is 0 Å². The van der Waals surface area contributed by atoms with Gasteiger partial charge in [-0.25, -0.2) is 0 Å². The van der Waals surface area contributed by atoms with E-state index in [-0.39, 0.29) is 6.10 Å². The molecule has 1 heteroatoms. The Kier molecular flexibility index (Phi) is 4.55. The van der Waals surface area contributed by atoms with Crippen molar-refractivity contribution in [3.05, 3.63) is 35.4 Å². The summed E-state index contributed by atoms with van der Waals surface area (Å²) < 4.78 is 0. The van der Waals surface area contributed by atoms with Crippen molar-refractivity contribution in [1.29, 1.82) is 0 Å². The first-order valence-corrected chi connectivity index (χ1v) is 6.11. The third kappa shape index (κ3) is 4.80. The Morgan fingerprint density at radius 3 is 2.38 bits per heavy atom. The molecular weight excluding hydrogens is 196 g/mol. The lowest BCUT2D eigenvalue weighted by molar-refractivity contribution is 0.145. The lowest BCUT2D eigenvalue weighted by Crippen LogP contribution is -2.15. The minimum absolute atomic E-state index is 0.208. The molecular formula is C15H24O. The first-order chi connectivity index (χ1) is 7.38. The molecule has 1 aromatic rings. The van der Waals surface area contributed by atoms with Crippen LogP contribution >= 0.6 is 0 Å². The van der Waals surface area contributed by atoms with Crippen LogP contribution in [0.15, 0.2) is 24.3 Å². The van der Waals surface area contributed by atoms with E-state index in [0.717, 1.165) is 19.3 Å². The molecule has 1 unspecified atom stereocenters. The summed E-state index contributed by atoms with van der Waals surface area (Å²) in [7, 11) is 0. The number of hydrogen-bond donors (Lipinski definition) is 1. The minimum atomic E-state index is -0.208. The van der Waals surface area contributed by atoms with Crippen molar-refractivity contribution in [2.45, 2.75) is 53.1 Å². The molecule has 1 nitrogen and oxygen atoms in total. The largest absolute Gasteiger partial charge is 0.393 e. The topological polar surface area (TPSA) is 20.2 Å². The summed E-state index contributed by atoms with van der Waals surface area (Å²) in [6, 6.07) is 8.29. The van der Waals surface area contributed by atoms with E-state index < -0.39 is 0 Å². The molecule has 0 heterocycles. The second-order valence-electron chi connectivity index (χ2n) is 5.88. The van der Waals surface area contributed by atoms with Gasteiger partial charge in [0, 0.05) is 0 Å². The predicted octanol–water partition coefficient (Wildman–Crippen LogP) is 3.72. The Morgan fingerprint density at radius 2 is 1.81 bits per heavy atom. The van der Waals surface area contributed by atoms with Crippen LogP contribution in [-0.4, -0.2) is 11.2 Å². The highest BCUT2D eigenvalue weighted by molar-refractivity contribution is 5.26. The number of aliphatic hydroxyl groups is 1. The van der Waals surface area contributed by atoms with Crippen molar-refractivity contribution < 1.29 is 5.11 Å². The van der Waals surface area contributed by atoms with Gasteiger partial charge in [0.05, 0.1) is 6.10 Å². The van der Waals surface area contributed by atoms with Gasteiger partial charge in [-0.2, -0.15) is 0 Å². The summed E-state index contributed by atoms with van der Waals surface area (Å²) in [6.07, 6.45) is 2.53. The normalized spacial score (nSPS) is 13.8. The fourth-order valence-corrected chi connectivity index (χ4v) is 1.79. The summed E-state index contributed by atoms with van der Waals surface area (Å²) in [5, 5.41) is 9.99. The van der Waals surface area contributed by atoms with E-state index in [4.69, 9.17) is 0 Å². The highest BCUT2D eigenvalue weighted by Crippen LogP contribution is 2.23. The van der Waals surface area contributed by atoms with E-state index >= 15 is 0 Å². The summed E-state index contributed by atoms with van der Waals surface area (Å²) in [6.45, 7) is 8.75. The SMILES string of the molecule is Cc1ccccc1CC(O)CCC(C)(C)C. The third-order valence-electron chi connectivity index (χ3n) is 2.94. The van der Waals surface area contributed by atoms with E-state index in [1.807, 2.05) is 12.1 Å². The average Bonchev–Trinajstić information content (AvgIpc) is 2.18. The summed E-state index contributed by atoms with van der Waals surface area (Å²) >= 11 is 0. The first kappa shape index (κ1) is 13.2. The van der Waals surface area contributed by atoms with E-state index in [0.29, 0.717) is 5.41 Å². The first-order valence-electron chi connectivity index (χ1n) is 6.11. The van der Waals surface area contributed by atoms with Crippen LogP contribution in [0.2, 0.25) is 0 Å². The molecule has 1 atom stereocenters. The smallest absolute Gasteiger partial charge is 0.0580 e. The summed E-state index contributed by atoms with van der Waals surface area (Å²) in [5.41, 5.74) is 2.86. The van der Waals surface area contributed by atoms with Crippen LogP contribution in [0.3, 0.4) is 0 Å². The Morgan fingerprint density at radius 1 is 1.19 bits per heavy atom. The van der Waals surface area contributed by atoms with Crippen LogP contribution in [0.5, 0.6) is 0 Å². The molecule has 0 saturated heterocycles. The molecule has 0 aliphatic carbocycles. The molecule has 1 aromatic carbocycles. The molecule has 16 heavy (non-hydrogen) atoms. The van der Waals surface area contributed by atoms with Crippen LogP contribution in [0.4, 0.5) is 0 Å². The van der Waals surface area contributed by atoms with Gasteiger partial charge in [-0.15, -0.1) is 0 Å². The lowest BCUT2D eigenvalue weighted by Gasteiger charge is -2.20. The van der Waals surface area contributed by atoms with Gasteiger partial charge >= 0.3 is 0 Å². The maximum absolute atomic E-state index is 9.99. The standard InChI is InChI=1S/C15H24O/c1-12-7-5-6-8-13(12)11-14(16)9-10-15(2,3)4/h5-8,14,16H,9-11H2,1-4H3. The molecule has 1 rings (SSSR count). The van der Waals surface area contributed by atoms with Crippen molar-refractivity contribution in [1.82, 2.24) is 0 Å². The van der Waals surface area contributed by atoms with Crippen molar-refractivity contribution in [3.8, 4) is 0 Å². The Labute approximate surface area is 99.5 Å². The second kappa shape index (κ2) is 5.49. The zero-order valence-electron chi connectivity index (χ0n) is 11.0. The van der Waals surface area contributed by atoms with E-state index in [1.54, 1.807) is 0 Å². The molecule has 0 radical (unpaired) electrons. The minimum Gasteiger partial charge on any atom is -0.393 e. The average molecular weight is 220 g/mol. The van der Waals surface area contributed by atoms with Crippen LogP contribution in [0.1, 0.15) is 44.7 Å².